The first-order chi connectivity index (χ1) is 19.6. The predicted molar refractivity (Wildman–Crippen MR) is 168 cm³/mol. The predicted octanol–water partition coefficient (Wildman–Crippen LogP) is 9.82. The van der Waals surface area contributed by atoms with Crippen molar-refractivity contribution in [2.45, 2.75) is 47.0 Å². The van der Waals surface area contributed by atoms with Crippen LogP contribution in [-0.2, 0) is 5.41 Å². The normalized spacial score (nSPS) is 11.8. The highest BCUT2D eigenvalue weighted by Gasteiger charge is 2.19. The van der Waals surface area contributed by atoms with Crippen molar-refractivity contribution >= 4 is 11.1 Å². The molecule has 0 saturated heterocycles. The van der Waals surface area contributed by atoms with E-state index in [9.17, 15) is 5.11 Å². The molecule has 0 amide bonds. The molecule has 6 aromatic rings. The van der Waals surface area contributed by atoms with E-state index >= 15 is 0 Å². The van der Waals surface area contributed by atoms with E-state index in [1.807, 2.05) is 30.5 Å². The number of pyridine rings is 1. The molecule has 6 rings (SSSR count). The van der Waals surface area contributed by atoms with Gasteiger partial charge in [-0.3, -0.25) is 4.98 Å². The fourth-order valence-corrected chi connectivity index (χ4v) is 5.72. The maximum Gasteiger partial charge on any atom is 0.231 e. The van der Waals surface area contributed by atoms with Gasteiger partial charge < -0.3 is 9.52 Å². The summed E-state index contributed by atoms with van der Waals surface area (Å²) < 4.78 is 6.15. The average molecular weight is 539 g/mol. The molecule has 2 heterocycles. The Labute approximate surface area is 241 Å². The quantitative estimate of drug-likeness (QED) is 0.243. The fourth-order valence-electron chi connectivity index (χ4n) is 5.72. The Morgan fingerprint density at radius 2 is 1.39 bits per heavy atom. The van der Waals surface area contributed by atoms with Gasteiger partial charge in [-0.05, 0) is 108 Å². The largest absolute Gasteiger partial charge is 0.507 e. The number of fused-ring (bicyclic) bond motifs is 1. The van der Waals surface area contributed by atoms with Gasteiger partial charge in [-0.1, -0.05) is 62.7 Å². The van der Waals surface area contributed by atoms with Crippen LogP contribution >= 0.6 is 0 Å². The minimum atomic E-state index is 0.00791. The number of aromatic nitrogens is 2. The Kier molecular flexibility index (Phi) is 6.50. The third-order valence-electron chi connectivity index (χ3n) is 7.68. The van der Waals surface area contributed by atoms with Crippen LogP contribution in [0.1, 0.15) is 43.0 Å². The molecule has 4 heteroatoms. The van der Waals surface area contributed by atoms with Crippen molar-refractivity contribution in [3.05, 3.63) is 113 Å². The lowest BCUT2D eigenvalue weighted by atomic mass is 9.86. The first-order valence-electron chi connectivity index (χ1n) is 14.0. The number of hydrogen-bond acceptors (Lipinski definition) is 4. The van der Waals surface area contributed by atoms with Gasteiger partial charge in [0, 0.05) is 17.3 Å². The minimum Gasteiger partial charge on any atom is -0.507 e. The molecule has 0 atom stereocenters. The van der Waals surface area contributed by atoms with Gasteiger partial charge in [0.1, 0.15) is 11.3 Å². The molecule has 2 aromatic heterocycles. The van der Waals surface area contributed by atoms with Crippen molar-refractivity contribution in [3.8, 4) is 50.7 Å². The second-order valence-corrected chi connectivity index (χ2v) is 11.9. The summed E-state index contributed by atoms with van der Waals surface area (Å²) >= 11 is 0. The molecule has 0 fully saturated rings. The molecule has 0 radical (unpaired) electrons. The number of para-hydroxylation sites is 2. The molecule has 41 heavy (non-hydrogen) atoms. The Morgan fingerprint density at radius 3 is 2.12 bits per heavy atom. The van der Waals surface area contributed by atoms with Gasteiger partial charge in [-0.25, -0.2) is 4.98 Å². The monoisotopic (exact) mass is 538 g/mol. The minimum absolute atomic E-state index is 0.00791. The lowest BCUT2D eigenvalue weighted by molar-refractivity contribution is 0.474. The van der Waals surface area contributed by atoms with Crippen molar-refractivity contribution in [1.82, 2.24) is 9.97 Å². The zero-order valence-electron chi connectivity index (χ0n) is 24.4. The van der Waals surface area contributed by atoms with Crippen LogP contribution in [-0.4, -0.2) is 15.1 Å². The molecule has 0 unspecified atom stereocenters. The second-order valence-electron chi connectivity index (χ2n) is 11.9. The highest BCUT2D eigenvalue weighted by Crippen LogP contribution is 2.39. The molecule has 0 aliphatic carbocycles. The molecule has 0 aliphatic rings. The van der Waals surface area contributed by atoms with Crippen LogP contribution in [0.2, 0.25) is 0 Å². The molecule has 1 N–H and O–H groups in total. The van der Waals surface area contributed by atoms with E-state index in [0.717, 1.165) is 33.5 Å². The Morgan fingerprint density at radius 1 is 0.707 bits per heavy atom. The lowest BCUT2D eigenvalue weighted by Gasteiger charge is -2.20. The van der Waals surface area contributed by atoms with Crippen LogP contribution in [0.5, 0.6) is 5.75 Å². The molecule has 0 spiro atoms. The summed E-state index contributed by atoms with van der Waals surface area (Å²) in [6, 6.07) is 28.6. The van der Waals surface area contributed by atoms with Crippen molar-refractivity contribution < 1.29 is 9.52 Å². The van der Waals surface area contributed by atoms with Crippen LogP contribution in [0, 0.1) is 20.8 Å². The third-order valence-corrected chi connectivity index (χ3v) is 7.68. The number of aryl methyl sites for hydroxylation is 3. The van der Waals surface area contributed by atoms with E-state index in [-0.39, 0.29) is 11.2 Å². The number of rotatable bonds is 4. The van der Waals surface area contributed by atoms with Gasteiger partial charge in [0.25, 0.3) is 0 Å². The molecule has 0 bridgehead atoms. The summed E-state index contributed by atoms with van der Waals surface area (Å²) in [5, 5.41) is 10.4. The SMILES string of the molecule is Cc1cc(C)c(-c2cc(-c3cc(C(C)(C)C)ccn3)cc(-c3cccc4oc(-c5ccccc5O)nc34)c2)c(C)c1. The second kappa shape index (κ2) is 10.0. The number of aromatic hydroxyl groups is 1. The van der Waals surface area contributed by atoms with E-state index in [0.29, 0.717) is 17.0 Å². The smallest absolute Gasteiger partial charge is 0.231 e. The summed E-state index contributed by atoms with van der Waals surface area (Å²) in [4.78, 5) is 9.68. The highest BCUT2D eigenvalue weighted by atomic mass is 16.3. The number of hydrogen-bond donors (Lipinski definition) is 1. The van der Waals surface area contributed by atoms with Gasteiger partial charge in [0.05, 0.1) is 11.3 Å². The van der Waals surface area contributed by atoms with Crippen LogP contribution in [0.3, 0.4) is 0 Å². The lowest BCUT2D eigenvalue weighted by Crippen LogP contribution is -2.11. The summed E-state index contributed by atoms with van der Waals surface area (Å²) in [5.41, 5.74) is 13.3. The maximum absolute atomic E-state index is 10.4. The van der Waals surface area contributed by atoms with E-state index in [2.05, 4.69) is 90.1 Å². The molecular formula is C37H34N2O2. The van der Waals surface area contributed by atoms with E-state index in [1.54, 1.807) is 12.1 Å². The Bertz CT molecular complexity index is 1900. The van der Waals surface area contributed by atoms with Gasteiger partial charge in [-0.2, -0.15) is 0 Å². The number of benzene rings is 4. The van der Waals surface area contributed by atoms with Crippen molar-refractivity contribution in [3.63, 3.8) is 0 Å². The molecular weight excluding hydrogens is 504 g/mol. The van der Waals surface area contributed by atoms with Crippen LogP contribution < -0.4 is 0 Å². The maximum atomic E-state index is 10.4. The first-order valence-corrected chi connectivity index (χ1v) is 14.0. The molecule has 0 aliphatic heterocycles. The average Bonchev–Trinajstić information content (AvgIpc) is 3.36. The molecule has 4 nitrogen and oxygen atoms in total. The number of phenolic OH excluding ortho intramolecular Hbond substituents is 1. The molecule has 0 saturated carbocycles. The Hall–Kier alpha value is -4.70. The summed E-state index contributed by atoms with van der Waals surface area (Å²) in [7, 11) is 0. The number of phenols is 1. The molecule has 204 valence electrons. The van der Waals surface area contributed by atoms with Gasteiger partial charge in [0.15, 0.2) is 5.58 Å². The summed E-state index contributed by atoms with van der Waals surface area (Å²) in [5.74, 6) is 0.534. The Balaban J connectivity index is 1.60. The van der Waals surface area contributed by atoms with Gasteiger partial charge >= 0.3 is 0 Å². The third kappa shape index (κ3) is 5.02. The molecule has 4 aromatic carbocycles. The first kappa shape index (κ1) is 26.5. The van der Waals surface area contributed by atoms with E-state index in [1.165, 1.54) is 27.8 Å². The zero-order valence-corrected chi connectivity index (χ0v) is 24.4. The van der Waals surface area contributed by atoms with Gasteiger partial charge in [-0.15, -0.1) is 0 Å². The van der Waals surface area contributed by atoms with E-state index in [4.69, 9.17) is 14.4 Å². The van der Waals surface area contributed by atoms with Crippen LogP contribution in [0.4, 0.5) is 0 Å². The van der Waals surface area contributed by atoms with Crippen LogP contribution in [0.15, 0.2) is 95.5 Å². The number of nitrogens with zero attached hydrogens (tertiary/aromatic N) is 2. The standard InChI is InChI=1S/C37H34N2O2/c1-22-16-23(2)34(24(3)17-22)27-19-25(18-26(20-27)31-21-28(14-15-38-31)37(4,5)6)29-11-9-13-33-35(29)39-36(41-33)30-10-7-8-12-32(30)40/h7-21,40H,1-6H3. The highest BCUT2D eigenvalue weighted by molar-refractivity contribution is 5.95. The summed E-state index contributed by atoms with van der Waals surface area (Å²) in [6.07, 6.45) is 1.90. The van der Waals surface area contributed by atoms with Crippen molar-refractivity contribution in [1.29, 1.82) is 0 Å². The number of oxazole rings is 1. The van der Waals surface area contributed by atoms with Crippen molar-refractivity contribution in [2.75, 3.05) is 0 Å². The fraction of sp³-hybridized carbons (Fsp3) is 0.189. The zero-order chi connectivity index (χ0) is 28.9. The van der Waals surface area contributed by atoms with Crippen LogP contribution in [0.25, 0.3) is 56.1 Å². The topological polar surface area (TPSA) is 59.2 Å². The summed E-state index contributed by atoms with van der Waals surface area (Å²) in [6.45, 7) is 13.2. The van der Waals surface area contributed by atoms with Crippen molar-refractivity contribution in [2.24, 2.45) is 0 Å². The van der Waals surface area contributed by atoms with Gasteiger partial charge in [0.2, 0.25) is 5.89 Å². The van der Waals surface area contributed by atoms with E-state index < -0.39 is 0 Å².